The molecule has 2 aliphatic heterocycles. The zero-order valence-electron chi connectivity index (χ0n) is 36.2. The average Bonchev–Trinajstić information content (AvgIpc) is 4.18. The van der Waals surface area contributed by atoms with Crippen LogP contribution in [0.25, 0.3) is 90.9 Å². The third kappa shape index (κ3) is 8.44. The monoisotopic (exact) mass is 814 g/mol. The second-order valence-corrected chi connectivity index (χ2v) is 16.4. The summed E-state index contributed by atoms with van der Waals surface area (Å²) in [5.74, 6) is 0.885. The van der Waals surface area contributed by atoms with Gasteiger partial charge in [-0.15, -0.1) is 0 Å². The van der Waals surface area contributed by atoms with Crippen LogP contribution >= 0.6 is 0 Å². The highest BCUT2D eigenvalue weighted by molar-refractivity contribution is 5.99. The Kier molecular flexibility index (Phi) is 12.1. The van der Waals surface area contributed by atoms with Crippen molar-refractivity contribution in [3.8, 4) is 50.3 Å². The molecule has 0 saturated heterocycles. The summed E-state index contributed by atoms with van der Waals surface area (Å²) in [6.45, 7) is 12.6. The number of fused-ring (bicyclic) bond motifs is 8. The first-order chi connectivity index (χ1) is 30.6. The molecule has 6 heteroatoms. The van der Waals surface area contributed by atoms with Crippen LogP contribution in [0.15, 0.2) is 140 Å². The summed E-state index contributed by atoms with van der Waals surface area (Å²) in [4.78, 5) is 18.6. The molecule has 0 spiro atoms. The van der Waals surface area contributed by atoms with Gasteiger partial charge in [-0.25, -0.2) is 9.97 Å². The van der Waals surface area contributed by atoms with Crippen molar-refractivity contribution in [2.45, 2.75) is 46.5 Å². The summed E-state index contributed by atoms with van der Waals surface area (Å²) >= 11 is 0. The number of unbranched alkanes of at least 4 members (excludes halogenated alkanes) is 3. The van der Waals surface area contributed by atoms with Crippen LogP contribution in [-0.2, 0) is 0 Å². The van der Waals surface area contributed by atoms with Crippen molar-refractivity contribution in [2.24, 2.45) is 0 Å². The lowest BCUT2D eigenvalue weighted by atomic mass is 10.0. The number of aromatic amines is 2. The number of hydrogen-bond donors (Lipinski definition) is 2. The number of H-pyrrole nitrogens is 2. The van der Waals surface area contributed by atoms with Gasteiger partial charge in [0.05, 0.1) is 55.6 Å². The number of rotatable bonds is 15. The molecule has 0 fully saturated rings. The highest BCUT2D eigenvalue weighted by Gasteiger charge is 2.21. The summed E-state index contributed by atoms with van der Waals surface area (Å²) in [6.07, 6.45) is 13.4. The van der Waals surface area contributed by atoms with E-state index in [1.165, 1.54) is 49.9 Å². The van der Waals surface area contributed by atoms with Crippen LogP contribution in [0.5, 0.6) is 5.75 Å². The van der Waals surface area contributed by atoms with Gasteiger partial charge in [-0.3, -0.25) is 0 Å². The average molecular weight is 815 g/mol. The van der Waals surface area contributed by atoms with Crippen molar-refractivity contribution in [3.63, 3.8) is 0 Å². The third-order valence-electron chi connectivity index (χ3n) is 12.9. The predicted molar refractivity (Wildman–Crippen MR) is 261 cm³/mol. The number of benzene rings is 4. The lowest BCUT2D eigenvalue weighted by Crippen LogP contribution is -2.48. The summed E-state index contributed by atoms with van der Waals surface area (Å²) in [5, 5.41) is 0. The molecular weight excluding hydrogens is 759 g/mol. The van der Waals surface area contributed by atoms with E-state index in [4.69, 9.17) is 14.7 Å². The number of ether oxygens (including phenoxy) is 1. The minimum absolute atomic E-state index is 0.720. The summed E-state index contributed by atoms with van der Waals surface area (Å²) in [5.41, 5.74) is 16.0. The maximum absolute atomic E-state index is 6.31. The summed E-state index contributed by atoms with van der Waals surface area (Å²) in [7, 11) is 0. The molecule has 2 N–H and O–H groups in total. The van der Waals surface area contributed by atoms with Gasteiger partial charge in [0.15, 0.2) is 0 Å². The fourth-order valence-electron chi connectivity index (χ4n) is 9.19. The first-order valence-electron chi connectivity index (χ1n) is 22.5. The molecule has 0 saturated carbocycles. The normalized spacial score (nSPS) is 12.2. The van der Waals surface area contributed by atoms with Crippen LogP contribution < -0.4 is 4.74 Å². The Bertz CT molecular complexity index is 2820. The predicted octanol–water partition coefficient (Wildman–Crippen LogP) is 14.1. The molecule has 310 valence electrons. The van der Waals surface area contributed by atoms with Crippen molar-refractivity contribution >= 4 is 46.4 Å². The van der Waals surface area contributed by atoms with Crippen molar-refractivity contribution in [3.05, 3.63) is 162 Å². The van der Waals surface area contributed by atoms with Gasteiger partial charge < -0.3 is 19.2 Å². The smallest absolute Gasteiger partial charge is 0.119 e. The Morgan fingerprint density at radius 1 is 0.403 bits per heavy atom. The van der Waals surface area contributed by atoms with Crippen molar-refractivity contribution in [2.75, 3.05) is 32.8 Å². The minimum atomic E-state index is 0.720. The van der Waals surface area contributed by atoms with Crippen molar-refractivity contribution in [1.82, 2.24) is 19.9 Å². The molecule has 3 aromatic heterocycles. The van der Waals surface area contributed by atoms with E-state index in [2.05, 4.69) is 195 Å². The van der Waals surface area contributed by atoms with Gasteiger partial charge in [-0.2, -0.15) is 0 Å². The quantitative estimate of drug-likeness (QED) is 0.0800. The molecular formula is C56H56N5O+. The van der Waals surface area contributed by atoms with Crippen molar-refractivity contribution < 1.29 is 9.22 Å². The molecule has 7 aromatic rings. The van der Waals surface area contributed by atoms with Gasteiger partial charge in [-0.05, 0) is 129 Å². The fourth-order valence-corrected chi connectivity index (χ4v) is 9.19. The Labute approximate surface area is 365 Å². The Balaban J connectivity index is 1.17. The number of aromatic nitrogens is 4. The Morgan fingerprint density at radius 3 is 1.13 bits per heavy atom. The van der Waals surface area contributed by atoms with E-state index < -0.39 is 0 Å². The number of nitrogens with one attached hydrogen (secondary N) is 2. The minimum Gasteiger partial charge on any atom is -0.494 e. The first kappa shape index (κ1) is 40.6. The first-order valence-corrected chi connectivity index (χ1v) is 22.5. The third-order valence-corrected chi connectivity index (χ3v) is 12.9. The van der Waals surface area contributed by atoms with E-state index in [1.807, 2.05) is 0 Å². The Hall–Kier alpha value is -6.76. The van der Waals surface area contributed by atoms with E-state index in [-0.39, 0.29) is 0 Å². The van der Waals surface area contributed by atoms with Crippen LogP contribution in [0.3, 0.4) is 0 Å². The van der Waals surface area contributed by atoms with Gasteiger partial charge in [0.2, 0.25) is 0 Å². The van der Waals surface area contributed by atoms with Gasteiger partial charge in [0.25, 0.3) is 0 Å². The highest BCUT2D eigenvalue weighted by Crippen LogP contribution is 2.38. The highest BCUT2D eigenvalue weighted by atomic mass is 16.5. The molecule has 2 aliphatic rings. The molecule has 0 radical (unpaired) electrons. The molecule has 0 unspecified atom stereocenters. The molecule has 9 rings (SSSR count). The van der Waals surface area contributed by atoms with E-state index in [0.717, 1.165) is 108 Å². The lowest BCUT2D eigenvalue weighted by Gasteiger charge is -2.35. The molecule has 0 amide bonds. The molecule has 6 nitrogen and oxygen atoms in total. The van der Waals surface area contributed by atoms with Crippen LogP contribution in [0.1, 0.15) is 69.2 Å². The van der Waals surface area contributed by atoms with Gasteiger partial charge >= 0.3 is 0 Å². The Morgan fingerprint density at radius 2 is 0.758 bits per heavy atom. The topological polar surface area (TPSA) is 66.6 Å². The van der Waals surface area contributed by atoms with Crippen LogP contribution in [-0.4, -0.2) is 57.2 Å². The number of quaternary nitrogens is 1. The van der Waals surface area contributed by atoms with Gasteiger partial charge in [0.1, 0.15) is 5.75 Å². The number of hydrogen-bond acceptors (Lipinski definition) is 3. The molecule has 5 heterocycles. The SMILES string of the molecule is CC[N+](CC)(CC)CCCCCCOc1ccc(-c2c3nc(c(-c4ccccc4)c4ccc([nH]4)c(-c4ccccc4)c4nc(c(-c5ccccc5)c5ccc2[nH]5)C=C4)C=C3)cc1. The zero-order chi connectivity index (χ0) is 42.3. The fraction of sp³-hybridized carbons (Fsp3) is 0.214. The van der Waals surface area contributed by atoms with E-state index in [1.54, 1.807) is 0 Å². The number of nitrogens with zero attached hydrogens (tertiary/aromatic N) is 3. The molecule has 62 heavy (non-hydrogen) atoms. The van der Waals surface area contributed by atoms with Crippen molar-refractivity contribution in [1.29, 1.82) is 0 Å². The second kappa shape index (κ2) is 18.5. The van der Waals surface area contributed by atoms with Gasteiger partial charge in [0, 0.05) is 44.3 Å². The van der Waals surface area contributed by atoms with Crippen LogP contribution in [0.2, 0.25) is 0 Å². The van der Waals surface area contributed by atoms with Gasteiger partial charge in [-0.1, -0.05) is 103 Å². The second-order valence-electron chi connectivity index (χ2n) is 16.4. The lowest BCUT2D eigenvalue weighted by molar-refractivity contribution is -0.923. The molecule has 0 aliphatic carbocycles. The standard InChI is InChI=1S/C56H56N5O/c1-4-61(5-2,6-3)38-18-7-8-19-39-62-44-28-26-43(27-29-44)56-51-36-34-49(59-51)54(41-22-14-10-15-23-41)47-32-30-45(57-47)53(40-20-12-9-13-21-40)46-31-33-48(58-46)55(42-24-16-11-17-25-42)50-35-37-52(56)60-50/h9-17,20-37,57,60H,4-8,18-19,38-39H2,1-3H3/q+1. The summed E-state index contributed by atoms with van der Waals surface area (Å²) < 4.78 is 7.53. The largest absolute Gasteiger partial charge is 0.494 e. The maximum atomic E-state index is 6.31. The maximum Gasteiger partial charge on any atom is 0.119 e. The molecule has 8 bridgehead atoms. The van der Waals surface area contributed by atoms with E-state index in [9.17, 15) is 0 Å². The van der Waals surface area contributed by atoms with E-state index in [0.29, 0.717) is 0 Å². The molecule has 4 aromatic carbocycles. The zero-order valence-corrected chi connectivity index (χ0v) is 36.2. The summed E-state index contributed by atoms with van der Waals surface area (Å²) in [6, 6.07) is 48.9. The molecule has 0 atom stereocenters. The van der Waals surface area contributed by atoms with Crippen LogP contribution in [0, 0.1) is 0 Å². The van der Waals surface area contributed by atoms with Crippen LogP contribution in [0.4, 0.5) is 0 Å². The van der Waals surface area contributed by atoms with E-state index >= 15 is 0 Å².